The second-order valence-corrected chi connectivity index (χ2v) is 6.30. The summed E-state index contributed by atoms with van der Waals surface area (Å²) in [5.41, 5.74) is 1.92. The first-order valence-electron chi connectivity index (χ1n) is 7.13. The van der Waals surface area contributed by atoms with E-state index >= 15 is 0 Å². The Morgan fingerprint density at radius 1 is 1.26 bits per heavy atom. The van der Waals surface area contributed by atoms with E-state index < -0.39 is 0 Å². The fourth-order valence-corrected chi connectivity index (χ4v) is 4.32. The average molecular weight is 277 g/mol. The number of fused-ring (bicyclic) bond motifs is 5. The number of amides is 1. The normalized spacial score (nSPS) is 32.4. The first-order chi connectivity index (χ1) is 9.25. The van der Waals surface area contributed by atoms with Crippen LogP contribution in [0, 0.1) is 5.92 Å². The highest BCUT2D eigenvalue weighted by atomic mass is 35.5. The minimum Gasteiger partial charge on any atom is -0.354 e. The first-order valence-corrected chi connectivity index (χ1v) is 7.51. The highest BCUT2D eigenvalue weighted by Gasteiger charge is 2.48. The van der Waals surface area contributed by atoms with Crippen LogP contribution in [0.15, 0.2) is 18.2 Å². The van der Waals surface area contributed by atoms with E-state index in [1.165, 1.54) is 25.7 Å². The van der Waals surface area contributed by atoms with Gasteiger partial charge in [-0.1, -0.05) is 30.5 Å². The van der Waals surface area contributed by atoms with Crippen molar-refractivity contribution in [2.75, 3.05) is 10.2 Å². The summed E-state index contributed by atoms with van der Waals surface area (Å²) in [7, 11) is 0. The molecule has 3 unspecified atom stereocenters. The van der Waals surface area contributed by atoms with Gasteiger partial charge in [-0.15, -0.1) is 0 Å². The maximum Gasteiger partial charge on any atom is 0.247 e. The summed E-state index contributed by atoms with van der Waals surface area (Å²) in [6, 6.07) is 6.45. The van der Waals surface area contributed by atoms with Crippen molar-refractivity contribution in [1.29, 1.82) is 0 Å². The smallest absolute Gasteiger partial charge is 0.247 e. The van der Waals surface area contributed by atoms with Crippen LogP contribution in [0.25, 0.3) is 0 Å². The molecule has 1 saturated carbocycles. The molecule has 0 bridgehead atoms. The molecular weight excluding hydrogens is 260 g/mol. The Morgan fingerprint density at radius 3 is 3.00 bits per heavy atom. The molecule has 3 nitrogen and oxygen atoms in total. The second kappa shape index (κ2) is 4.14. The summed E-state index contributed by atoms with van der Waals surface area (Å²) in [6.07, 6.45) is 6.07. The van der Waals surface area contributed by atoms with Crippen LogP contribution in [0.2, 0.25) is 5.02 Å². The molecule has 0 spiro atoms. The third kappa shape index (κ3) is 1.61. The van der Waals surface area contributed by atoms with E-state index in [0.717, 1.165) is 17.8 Å². The topological polar surface area (TPSA) is 32.3 Å². The van der Waals surface area contributed by atoms with Gasteiger partial charge in [0.1, 0.15) is 6.04 Å². The lowest BCUT2D eigenvalue weighted by molar-refractivity contribution is -0.117. The standard InChI is InChI=1S/C15H17ClN2O/c16-10-5-3-7-12-14(10)17-15(19)13-8-9-4-1-2-6-11(9)18(12)13/h3,5,7,9,11,13H,1-2,4,6,8H2,(H,17,19). The van der Waals surface area contributed by atoms with Crippen molar-refractivity contribution >= 4 is 28.9 Å². The van der Waals surface area contributed by atoms with E-state index in [1.54, 1.807) is 0 Å². The molecule has 2 heterocycles. The van der Waals surface area contributed by atoms with Crippen LogP contribution in [0.4, 0.5) is 11.4 Å². The highest BCUT2D eigenvalue weighted by Crippen LogP contribution is 2.48. The van der Waals surface area contributed by atoms with Gasteiger partial charge in [-0.05, 0) is 37.3 Å². The largest absolute Gasteiger partial charge is 0.354 e. The molecule has 0 radical (unpaired) electrons. The molecule has 1 aromatic rings. The van der Waals surface area contributed by atoms with E-state index in [-0.39, 0.29) is 11.9 Å². The van der Waals surface area contributed by atoms with Crippen molar-refractivity contribution in [3.8, 4) is 0 Å². The number of benzene rings is 1. The predicted octanol–water partition coefficient (Wildman–Crippen LogP) is 3.43. The van der Waals surface area contributed by atoms with Gasteiger partial charge >= 0.3 is 0 Å². The van der Waals surface area contributed by atoms with Crippen LogP contribution in [0.3, 0.4) is 0 Å². The lowest BCUT2D eigenvalue weighted by atomic mass is 9.84. The fourth-order valence-electron chi connectivity index (χ4n) is 4.10. The third-order valence-corrected chi connectivity index (χ3v) is 5.22. The number of hydrogen-bond donors (Lipinski definition) is 1. The van der Waals surface area contributed by atoms with Gasteiger partial charge in [-0.2, -0.15) is 0 Å². The molecule has 1 aliphatic carbocycles. The highest BCUT2D eigenvalue weighted by molar-refractivity contribution is 6.35. The maximum atomic E-state index is 12.3. The second-order valence-electron chi connectivity index (χ2n) is 5.89. The number of anilines is 2. The molecule has 19 heavy (non-hydrogen) atoms. The van der Waals surface area contributed by atoms with E-state index in [1.807, 2.05) is 12.1 Å². The number of carbonyl (C=O) groups is 1. The molecule has 2 aliphatic heterocycles. The van der Waals surface area contributed by atoms with Crippen molar-refractivity contribution in [3.05, 3.63) is 23.2 Å². The molecule has 0 aromatic heterocycles. The molecule has 1 N–H and O–H groups in total. The number of halogens is 1. The first kappa shape index (κ1) is 11.6. The summed E-state index contributed by atoms with van der Waals surface area (Å²) in [5.74, 6) is 0.796. The van der Waals surface area contributed by atoms with Crippen LogP contribution >= 0.6 is 11.6 Å². The summed E-state index contributed by atoms with van der Waals surface area (Å²) >= 11 is 6.23. The zero-order valence-corrected chi connectivity index (χ0v) is 11.5. The SMILES string of the molecule is O=C1Nc2c(Cl)cccc2N2C1CC1CCCCC12. The van der Waals surface area contributed by atoms with Gasteiger partial charge in [0.25, 0.3) is 0 Å². The van der Waals surface area contributed by atoms with E-state index in [4.69, 9.17) is 11.6 Å². The molecule has 100 valence electrons. The Hall–Kier alpha value is -1.22. The predicted molar refractivity (Wildman–Crippen MR) is 76.7 cm³/mol. The fraction of sp³-hybridized carbons (Fsp3) is 0.533. The summed E-state index contributed by atoms with van der Waals surface area (Å²) < 4.78 is 0. The van der Waals surface area contributed by atoms with Crippen molar-refractivity contribution in [2.24, 2.45) is 5.92 Å². The van der Waals surface area contributed by atoms with Gasteiger partial charge in [0.15, 0.2) is 0 Å². The lowest BCUT2D eigenvalue weighted by Crippen LogP contribution is -2.48. The number of hydrogen-bond acceptors (Lipinski definition) is 2. The number of para-hydroxylation sites is 1. The van der Waals surface area contributed by atoms with Crippen molar-refractivity contribution in [2.45, 2.75) is 44.2 Å². The van der Waals surface area contributed by atoms with Gasteiger partial charge in [-0.3, -0.25) is 4.79 Å². The Labute approximate surface area is 117 Å². The minimum absolute atomic E-state index is 0.0130. The van der Waals surface area contributed by atoms with Gasteiger partial charge in [-0.25, -0.2) is 0 Å². The molecule has 1 saturated heterocycles. The summed E-state index contributed by atoms with van der Waals surface area (Å²) in [5, 5.41) is 3.64. The number of carbonyl (C=O) groups excluding carboxylic acids is 1. The quantitative estimate of drug-likeness (QED) is 0.787. The Morgan fingerprint density at radius 2 is 2.11 bits per heavy atom. The maximum absolute atomic E-state index is 12.3. The molecule has 1 aromatic carbocycles. The van der Waals surface area contributed by atoms with Gasteiger partial charge in [0, 0.05) is 6.04 Å². The molecule has 1 amide bonds. The Bertz CT molecular complexity index is 545. The number of nitrogens with one attached hydrogen (secondary N) is 1. The molecule has 3 aliphatic rings. The van der Waals surface area contributed by atoms with Gasteiger partial charge in [0.05, 0.1) is 16.4 Å². The molecular formula is C15H17ClN2O. The summed E-state index contributed by atoms with van der Waals surface area (Å²) in [6.45, 7) is 0. The van der Waals surface area contributed by atoms with Crippen molar-refractivity contribution in [1.82, 2.24) is 0 Å². The lowest BCUT2D eigenvalue weighted by Gasteiger charge is -2.39. The Kier molecular flexibility index (Phi) is 2.52. The van der Waals surface area contributed by atoms with E-state index in [2.05, 4.69) is 16.3 Å². The van der Waals surface area contributed by atoms with Gasteiger partial charge < -0.3 is 10.2 Å². The van der Waals surface area contributed by atoms with Gasteiger partial charge in [0.2, 0.25) is 5.91 Å². The van der Waals surface area contributed by atoms with E-state index in [9.17, 15) is 4.79 Å². The molecule has 2 fully saturated rings. The average Bonchev–Trinajstić information content (AvgIpc) is 2.81. The molecule has 3 atom stereocenters. The van der Waals surface area contributed by atoms with Crippen LogP contribution in [-0.2, 0) is 4.79 Å². The minimum atomic E-state index is 0.0130. The third-order valence-electron chi connectivity index (χ3n) is 4.91. The van der Waals surface area contributed by atoms with Crippen LogP contribution in [0.5, 0.6) is 0 Å². The number of rotatable bonds is 0. The van der Waals surface area contributed by atoms with Crippen molar-refractivity contribution in [3.63, 3.8) is 0 Å². The van der Waals surface area contributed by atoms with E-state index in [0.29, 0.717) is 17.0 Å². The van der Waals surface area contributed by atoms with Crippen LogP contribution in [0.1, 0.15) is 32.1 Å². The molecule has 4 rings (SSSR count). The Balaban J connectivity index is 1.83. The van der Waals surface area contributed by atoms with Crippen LogP contribution < -0.4 is 10.2 Å². The summed E-state index contributed by atoms with van der Waals surface area (Å²) in [4.78, 5) is 14.7. The van der Waals surface area contributed by atoms with Crippen molar-refractivity contribution < 1.29 is 4.79 Å². The monoisotopic (exact) mass is 276 g/mol. The molecule has 4 heteroatoms. The van der Waals surface area contributed by atoms with Crippen LogP contribution in [-0.4, -0.2) is 18.0 Å². The zero-order chi connectivity index (χ0) is 13.0. The zero-order valence-electron chi connectivity index (χ0n) is 10.7. The number of nitrogens with zero attached hydrogens (tertiary/aromatic N) is 1.